The lowest BCUT2D eigenvalue weighted by molar-refractivity contribution is -0.224. The molecule has 5 atom stereocenters. The van der Waals surface area contributed by atoms with Gasteiger partial charge in [-0.25, -0.2) is 0 Å². The van der Waals surface area contributed by atoms with Crippen LogP contribution in [0.3, 0.4) is 0 Å². The molecule has 1 aliphatic rings. The lowest BCUT2D eigenvalue weighted by atomic mass is 9.99. The second-order valence-corrected chi connectivity index (χ2v) is 8.99. The summed E-state index contributed by atoms with van der Waals surface area (Å²) in [5.74, 6) is 0. The Morgan fingerprint density at radius 3 is 1.45 bits per heavy atom. The molecular weight excluding hydrogens is 366 g/mol. The Balaban J connectivity index is 1.81. The minimum atomic E-state index is -1.15. The van der Waals surface area contributed by atoms with Crippen molar-refractivity contribution in [2.45, 2.75) is 147 Å². The summed E-state index contributed by atoms with van der Waals surface area (Å²) in [6, 6.07) is 0. The molecule has 4 N–H and O–H groups in total. The summed E-state index contributed by atoms with van der Waals surface area (Å²) in [4.78, 5) is 0. The highest BCUT2D eigenvalue weighted by Gasteiger charge is 2.41. The Kier molecular flexibility index (Phi) is 16.2. The highest BCUT2D eigenvalue weighted by atomic mass is 16.5. The van der Waals surface area contributed by atoms with E-state index < -0.39 is 30.6 Å². The fourth-order valence-corrected chi connectivity index (χ4v) is 4.14. The Bertz CT molecular complexity index is 369. The third-order valence-corrected chi connectivity index (χ3v) is 6.23. The van der Waals surface area contributed by atoms with Crippen LogP contribution in [0.25, 0.3) is 0 Å². The van der Waals surface area contributed by atoms with E-state index in [0.717, 1.165) is 13.0 Å². The number of hydrogen-bond acceptors (Lipinski definition) is 5. The molecule has 0 amide bonds. The van der Waals surface area contributed by atoms with Crippen molar-refractivity contribution in [3.05, 3.63) is 0 Å². The fraction of sp³-hybridized carbons (Fsp3) is 1.00. The van der Waals surface area contributed by atoms with E-state index in [0.29, 0.717) is 0 Å². The second kappa shape index (κ2) is 17.5. The molecule has 1 aliphatic heterocycles. The van der Waals surface area contributed by atoms with Crippen LogP contribution in [-0.2, 0) is 4.74 Å². The SMILES string of the molecule is CCCCCCCCCCCCCCCCCCNC1O[C@@H](C)[C@H](O)[C@@H](O)[C@H]1O. The van der Waals surface area contributed by atoms with Gasteiger partial charge >= 0.3 is 0 Å². The summed E-state index contributed by atoms with van der Waals surface area (Å²) < 4.78 is 5.54. The van der Waals surface area contributed by atoms with E-state index in [1.807, 2.05) is 0 Å². The van der Waals surface area contributed by atoms with E-state index in [4.69, 9.17) is 4.74 Å². The molecule has 0 radical (unpaired) electrons. The largest absolute Gasteiger partial charge is 0.388 e. The van der Waals surface area contributed by atoms with Crippen LogP contribution in [0, 0.1) is 0 Å². The van der Waals surface area contributed by atoms with Gasteiger partial charge in [0.05, 0.1) is 6.10 Å². The maximum atomic E-state index is 9.96. The molecule has 5 heteroatoms. The van der Waals surface area contributed by atoms with Gasteiger partial charge in [-0.05, 0) is 19.9 Å². The molecule has 0 aliphatic carbocycles. The third kappa shape index (κ3) is 12.3. The topological polar surface area (TPSA) is 82.0 Å². The standard InChI is InChI=1S/C24H49NO4/c1-3-4-5-6-7-8-9-10-11-12-13-14-15-16-17-18-19-25-24-23(28)22(27)21(26)20(2)29-24/h20-28H,3-19H2,1-2H3/t20-,21-,22+,23+,24?/m0/s1. The zero-order valence-corrected chi connectivity index (χ0v) is 19.2. The number of aliphatic hydroxyl groups is 3. The maximum absolute atomic E-state index is 9.96. The molecule has 0 spiro atoms. The maximum Gasteiger partial charge on any atom is 0.137 e. The summed E-state index contributed by atoms with van der Waals surface area (Å²) >= 11 is 0. The van der Waals surface area contributed by atoms with E-state index in [1.165, 1.54) is 96.3 Å². The average molecular weight is 416 g/mol. The van der Waals surface area contributed by atoms with E-state index in [-0.39, 0.29) is 0 Å². The smallest absolute Gasteiger partial charge is 0.137 e. The predicted molar refractivity (Wildman–Crippen MR) is 120 cm³/mol. The Morgan fingerprint density at radius 2 is 1.00 bits per heavy atom. The van der Waals surface area contributed by atoms with Gasteiger partial charge in [-0.2, -0.15) is 0 Å². The highest BCUT2D eigenvalue weighted by molar-refractivity contribution is 4.89. The van der Waals surface area contributed by atoms with Crippen LogP contribution in [0.5, 0.6) is 0 Å². The molecule has 1 unspecified atom stereocenters. The first-order valence-corrected chi connectivity index (χ1v) is 12.5. The Labute approximate surface area is 179 Å². The monoisotopic (exact) mass is 415 g/mol. The number of aliphatic hydroxyl groups excluding tert-OH is 3. The van der Waals surface area contributed by atoms with Gasteiger partial charge in [0, 0.05) is 0 Å². The van der Waals surface area contributed by atoms with Gasteiger partial charge in [0.15, 0.2) is 0 Å². The second-order valence-electron chi connectivity index (χ2n) is 8.99. The number of rotatable bonds is 18. The normalized spacial score (nSPS) is 27.4. The van der Waals surface area contributed by atoms with Crippen molar-refractivity contribution >= 4 is 0 Å². The van der Waals surface area contributed by atoms with Crippen LogP contribution in [-0.4, -0.2) is 52.5 Å². The number of unbranched alkanes of at least 4 members (excludes halogenated alkanes) is 15. The van der Waals surface area contributed by atoms with Crippen LogP contribution in [0.4, 0.5) is 0 Å². The summed E-state index contributed by atoms with van der Waals surface area (Å²) in [7, 11) is 0. The Morgan fingerprint density at radius 1 is 0.586 bits per heavy atom. The molecule has 0 aromatic rings. The molecule has 174 valence electrons. The van der Waals surface area contributed by atoms with Crippen molar-refractivity contribution in [2.75, 3.05) is 6.54 Å². The van der Waals surface area contributed by atoms with Gasteiger partial charge in [-0.3, -0.25) is 5.32 Å². The van der Waals surface area contributed by atoms with E-state index in [2.05, 4.69) is 12.2 Å². The number of hydrogen-bond donors (Lipinski definition) is 4. The molecule has 5 nitrogen and oxygen atoms in total. The molecule has 1 rings (SSSR count). The molecule has 0 bridgehead atoms. The summed E-state index contributed by atoms with van der Waals surface area (Å²) in [5, 5.41) is 32.6. The molecule has 0 saturated carbocycles. The van der Waals surface area contributed by atoms with Crippen molar-refractivity contribution in [3.8, 4) is 0 Å². The van der Waals surface area contributed by atoms with Crippen molar-refractivity contribution in [3.63, 3.8) is 0 Å². The zero-order chi connectivity index (χ0) is 21.3. The first kappa shape index (κ1) is 26.8. The quantitative estimate of drug-likeness (QED) is 0.245. The van der Waals surface area contributed by atoms with Gasteiger partial charge in [0.1, 0.15) is 24.5 Å². The minimum absolute atomic E-state index is 0.475. The van der Waals surface area contributed by atoms with Gasteiger partial charge in [0.25, 0.3) is 0 Å². The zero-order valence-electron chi connectivity index (χ0n) is 19.2. The number of nitrogens with one attached hydrogen (secondary N) is 1. The van der Waals surface area contributed by atoms with Gasteiger partial charge in [-0.15, -0.1) is 0 Å². The highest BCUT2D eigenvalue weighted by Crippen LogP contribution is 2.19. The van der Waals surface area contributed by atoms with Crippen molar-refractivity contribution < 1.29 is 20.1 Å². The van der Waals surface area contributed by atoms with Crippen molar-refractivity contribution in [1.29, 1.82) is 0 Å². The first-order valence-electron chi connectivity index (χ1n) is 12.5. The Hall–Kier alpha value is -0.200. The molecule has 0 aromatic carbocycles. The van der Waals surface area contributed by atoms with Gasteiger partial charge < -0.3 is 20.1 Å². The van der Waals surface area contributed by atoms with Crippen LogP contribution >= 0.6 is 0 Å². The summed E-state index contributed by atoms with van der Waals surface area (Å²) in [6.45, 7) is 4.75. The third-order valence-electron chi connectivity index (χ3n) is 6.23. The van der Waals surface area contributed by atoms with E-state index in [9.17, 15) is 15.3 Å². The lowest BCUT2D eigenvalue weighted by Crippen LogP contribution is -2.60. The minimum Gasteiger partial charge on any atom is -0.388 e. The van der Waals surface area contributed by atoms with E-state index >= 15 is 0 Å². The van der Waals surface area contributed by atoms with Gasteiger partial charge in [0.2, 0.25) is 0 Å². The van der Waals surface area contributed by atoms with Crippen LogP contribution in [0.2, 0.25) is 0 Å². The van der Waals surface area contributed by atoms with Crippen LogP contribution < -0.4 is 5.32 Å². The van der Waals surface area contributed by atoms with Crippen molar-refractivity contribution in [1.82, 2.24) is 5.32 Å². The van der Waals surface area contributed by atoms with Crippen LogP contribution in [0.15, 0.2) is 0 Å². The summed E-state index contributed by atoms with van der Waals surface area (Å²) in [6.07, 6.45) is 17.3. The molecule has 1 fully saturated rings. The van der Waals surface area contributed by atoms with Gasteiger partial charge in [-0.1, -0.05) is 103 Å². The predicted octanol–water partition coefficient (Wildman–Crippen LogP) is 4.67. The molecule has 29 heavy (non-hydrogen) atoms. The molecule has 1 saturated heterocycles. The van der Waals surface area contributed by atoms with E-state index in [1.54, 1.807) is 6.92 Å². The number of ether oxygens (including phenoxy) is 1. The molecule has 1 heterocycles. The average Bonchev–Trinajstić information content (AvgIpc) is 2.72. The fourth-order valence-electron chi connectivity index (χ4n) is 4.14. The molecule has 0 aromatic heterocycles. The lowest BCUT2D eigenvalue weighted by Gasteiger charge is -2.39. The first-order chi connectivity index (χ1) is 14.1. The summed E-state index contributed by atoms with van der Waals surface area (Å²) in [5.41, 5.74) is 0. The van der Waals surface area contributed by atoms with Crippen LogP contribution in [0.1, 0.15) is 117 Å². The van der Waals surface area contributed by atoms with Crippen molar-refractivity contribution in [2.24, 2.45) is 0 Å². The molecular formula is C24H49NO4.